The number of anilines is 2. The molecule has 1 aromatic heterocycles. The highest BCUT2D eigenvalue weighted by Gasteiger charge is 2.26. The maximum atomic E-state index is 13.5. The standard InChI is InChI=1S/C25H34N6O3/c1-6-10-29(15-20-9-7-8-19(11-20)12-26)16-21(32)30(13-17(2)3)22-23(27)31(14-18(4)5)25(34)28-24(22)33/h6-9,11,17-18H,1,10,13-16,27H2,2-5H3,(H,28,33,34). The summed E-state index contributed by atoms with van der Waals surface area (Å²) in [5.74, 6) is -0.180. The van der Waals surface area contributed by atoms with E-state index in [-0.39, 0.29) is 42.3 Å². The van der Waals surface area contributed by atoms with E-state index in [4.69, 9.17) is 11.0 Å². The lowest BCUT2D eigenvalue weighted by Gasteiger charge is -2.29. The minimum atomic E-state index is -0.687. The molecule has 0 aliphatic heterocycles. The minimum Gasteiger partial charge on any atom is -0.383 e. The van der Waals surface area contributed by atoms with Gasteiger partial charge in [-0.3, -0.25) is 24.0 Å². The number of hydrogen-bond donors (Lipinski definition) is 2. The van der Waals surface area contributed by atoms with Crippen LogP contribution in [-0.2, 0) is 17.9 Å². The van der Waals surface area contributed by atoms with Crippen molar-refractivity contribution in [1.29, 1.82) is 5.26 Å². The van der Waals surface area contributed by atoms with Gasteiger partial charge < -0.3 is 10.6 Å². The first-order chi connectivity index (χ1) is 16.1. The molecule has 1 heterocycles. The normalized spacial score (nSPS) is 11.1. The van der Waals surface area contributed by atoms with Gasteiger partial charge in [-0.1, -0.05) is 45.9 Å². The third-order valence-electron chi connectivity index (χ3n) is 5.09. The zero-order chi connectivity index (χ0) is 25.4. The van der Waals surface area contributed by atoms with Crippen LogP contribution in [0.25, 0.3) is 0 Å². The average molecular weight is 467 g/mol. The SMILES string of the molecule is C=CCN(CC(=O)N(CC(C)C)c1c(N)n(CC(C)C)c(=O)[nH]c1=O)Cc1cccc(C#N)c1. The molecule has 34 heavy (non-hydrogen) atoms. The van der Waals surface area contributed by atoms with Crippen LogP contribution in [0.5, 0.6) is 0 Å². The van der Waals surface area contributed by atoms with Crippen molar-refractivity contribution in [3.63, 3.8) is 0 Å². The summed E-state index contributed by atoms with van der Waals surface area (Å²) in [6.07, 6.45) is 1.69. The van der Waals surface area contributed by atoms with Crippen LogP contribution in [0.15, 0.2) is 46.5 Å². The maximum absolute atomic E-state index is 13.5. The topological polar surface area (TPSA) is 128 Å². The summed E-state index contributed by atoms with van der Waals surface area (Å²) >= 11 is 0. The van der Waals surface area contributed by atoms with E-state index in [0.29, 0.717) is 25.2 Å². The quantitative estimate of drug-likeness (QED) is 0.489. The highest BCUT2D eigenvalue weighted by Crippen LogP contribution is 2.20. The Labute approximate surface area is 200 Å². The van der Waals surface area contributed by atoms with Crippen LogP contribution in [0, 0.1) is 23.2 Å². The molecule has 0 spiro atoms. The lowest BCUT2D eigenvalue weighted by molar-refractivity contribution is -0.119. The number of aromatic nitrogens is 2. The molecule has 0 aliphatic carbocycles. The minimum absolute atomic E-state index is 0.00227. The van der Waals surface area contributed by atoms with Crippen LogP contribution in [0.1, 0.15) is 38.8 Å². The number of hydrogen-bond acceptors (Lipinski definition) is 6. The van der Waals surface area contributed by atoms with Crippen LogP contribution in [0.4, 0.5) is 11.5 Å². The molecule has 1 aromatic carbocycles. The number of nitrogens with zero attached hydrogens (tertiary/aromatic N) is 4. The van der Waals surface area contributed by atoms with E-state index < -0.39 is 11.2 Å². The number of aromatic amines is 1. The number of nitrogens with one attached hydrogen (secondary N) is 1. The summed E-state index contributed by atoms with van der Waals surface area (Å²) in [5, 5.41) is 9.17. The average Bonchev–Trinajstić information content (AvgIpc) is 2.75. The van der Waals surface area contributed by atoms with Crippen LogP contribution in [0.3, 0.4) is 0 Å². The number of nitrogens with two attached hydrogens (primary N) is 1. The van der Waals surface area contributed by atoms with Crippen LogP contribution >= 0.6 is 0 Å². The fourth-order valence-electron chi connectivity index (χ4n) is 3.71. The van der Waals surface area contributed by atoms with Crippen molar-refractivity contribution in [3.8, 4) is 6.07 Å². The Morgan fingerprint density at radius 1 is 1.26 bits per heavy atom. The molecule has 9 nitrogen and oxygen atoms in total. The molecule has 9 heteroatoms. The number of H-pyrrole nitrogens is 1. The zero-order valence-corrected chi connectivity index (χ0v) is 20.4. The van der Waals surface area contributed by atoms with Crippen LogP contribution in [-0.4, -0.2) is 40.0 Å². The van der Waals surface area contributed by atoms with Gasteiger partial charge in [0.05, 0.1) is 18.2 Å². The van der Waals surface area contributed by atoms with E-state index in [2.05, 4.69) is 17.6 Å². The van der Waals surface area contributed by atoms with Gasteiger partial charge in [0.2, 0.25) is 5.91 Å². The summed E-state index contributed by atoms with van der Waals surface area (Å²) in [6.45, 7) is 12.9. The Kier molecular flexibility index (Phi) is 9.39. The number of benzene rings is 1. The highest BCUT2D eigenvalue weighted by molar-refractivity contribution is 5.96. The van der Waals surface area contributed by atoms with E-state index in [1.54, 1.807) is 24.3 Å². The summed E-state index contributed by atoms with van der Waals surface area (Å²) in [6, 6.07) is 9.29. The lowest BCUT2D eigenvalue weighted by atomic mass is 10.1. The van der Waals surface area contributed by atoms with Crippen LogP contribution in [0.2, 0.25) is 0 Å². The molecule has 0 bridgehead atoms. The summed E-state index contributed by atoms with van der Waals surface area (Å²) in [5.41, 5.74) is 6.41. The number of carbonyl (C=O) groups is 1. The van der Waals surface area contributed by atoms with Crippen molar-refractivity contribution in [2.24, 2.45) is 11.8 Å². The Morgan fingerprint density at radius 2 is 1.97 bits per heavy atom. The zero-order valence-electron chi connectivity index (χ0n) is 20.4. The maximum Gasteiger partial charge on any atom is 0.330 e. The first-order valence-corrected chi connectivity index (χ1v) is 11.3. The number of carbonyl (C=O) groups excluding carboxylic acids is 1. The largest absolute Gasteiger partial charge is 0.383 e. The van der Waals surface area contributed by atoms with Gasteiger partial charge in [-0.15, -0.1) is 6.58 Å². The van der Waals surface area contributed by atoms with Crippen molar-refractivity contribution in [2.45, 2.75) is 40.8 Å². The third-order valence-corrected chi connectivity index (χ3v) is 5.09. The molecule has 0 fully saturated rings. The predicted molar refractivity (Wildman–Crippen MR) is 134 cm³/mol. The molecule has 0 saturated heterocycles. The van der Waals surface area contributed by atoms with Gasteiger partial charge in [0.15, 0.2) is 5.69 Å². The molecular formula is C25H34N6O3. The molecule has 2 rings (SSSR count). The molecule has 0 aliphatic rings. The van der Waals surface area contributed by atoms with Crippen molar-refractivity contribution in [2.75, 3.05) is 30.3 Å². The van der Waals surface area contributed by atoms with Gasteiger partial charge >= 0.3 is 5.69 Å². The Morgan fingerprint density at radius 3 is 2.56 bits per heavy atom. The van der Waals surface area contributed by atoms with E-state index >= 15 is 0 Å². The highest BCUT2D eigenvalue weighted by atomic mass is 16.2. The third kappa shape index (κ3) is 6.93. The van der Waals surface area contributed by atoms with E-state index in [0.717, 1.165) is 5.56 Å². The number of nitrogen functional groups attached to an aromatic ring is 1. The monoisotopic (exact) mass is 466 g/mol. The molecule has 0 unspecified atom stereocenters. The Bertz CT molecular complexity index is 1170. The van der Waals surface area contributed by atoms with Gasteiger partial charge in [0.1, 0.15) is 5.82 Å². The molecule has 0 radical (unpaired) electrons. The van der Waals surface area contributed by atoms with Crippen molar-refractivity contribution < 1.29 is 4.79 Å². The van der Waals surface area contributed by atoms with E-state index in [1.807, 2.05) is 38.7 Å². The fraction of sp³-hybridized carbons (Fsp3) is 0.440. The summed E-state index contributed by atoms with van der Waals surface area (Å²) < 4.78 is 1.30. The van der Waals surface area contributed by atoms with Gasteiger partial charge in [0.25, 0.3) is 5.56 Å². The molecular weight excluding hydrogens is 432 g/mol. The first-order valence-electron chi connectivity index (χ1n) is 11.3. The van der Waals surface area contributed by atoms with E-state index in [1.165, 1.54) is 9.47 Å². The van der Waals surface area contributed by atoms with Crippen molar-refractivity contribution >= 4 is 17.4 Å². The molecule has 0 atom stereocenters. The smallest absolute Gasteiger partial charge is 0.330 e. The van der Waals surface area contributed by atoms with Gasteiger partial charge in [-0.2, -0.15) is 5.26 Å². The second-order valence-electron chi connectivity index (χ2n) is 9.17. The van der Waals surface area contributed by atoms with Crippen LogP contribution < -0.4 is 21.9 Å². The van der Waals surface area contributed by atoms with E-state index in [9.17, 15) is 14.4 Å². The fourth-order valence-corrected chi connectivity index (χ4v) is 3.71. The number of rotatable bonds is 11. The molecule has 2 aromatic rings. The summed E-state index contributed by atoms with van der Waals surface area (Å²) in [7, 11) is 0. The molecule has 182 valence electrons. The summed E-state index contributed by atoms with van der Waals surface area (Å²) in [4.78, 5) is 44.2. The Balaban J connectivity index is 2.43. The van der Waals surface area contributed by atoms with Crippen molar-refractivity contribution in [3.05, 3.63) is 68.9 Å². The Hall–Kier alpha value is -3.64. The number of nitriles is 1. The van der Waals surface area contributed by atoms with Crippen molar-refractivity contribution in [1.82, 2.24) is 14.5 Å². The first kappa shape index (κ1) is 26.6. The number of amides is 1. The predicted octanol–water partition coefficient (Wildman–Crippen LogP) is 2.32. The van der Waals surface area contributed by atoms with Gasteiger partial charge in [0, 0.05) is 26.2 Å². The molecule has 3 N–H and O–H groups in total. The molecule has 0 saturated carbocycles. The second-order valence-corrected chi connectivity index (χ2v) is 9.17. The second kappa shape index (κ2) is 12.0. The lowest BCUT2D eigenvalue weighted by Crippen LogP contribution is -2.46. The van der Waals surface area contributed by atoms with Gasteiger partial charge in [-0.05, 0) is 29.5 Å². The van der Waals surface area contributed by atoms with Gasteiger partial charge in [-0.25, -0.2) is 4.79 Å². The molecule has 1 amide bonds.